The molecule has 1 aromatic rings. The summed E-state index contributed by atoms with van der Waals surface area (Å²) in [6.07, 6.45) is 2.84. The molecular formula is C15H23NO4S. The molecule has 0 spiro atoms. The summed E-state index contributed by atoms with van der Waals surface area (Å²) in [7, 11) is 0.244. The van der Waals surface area contributed by atoms with Crippen molar-refractivity contribution in [3.63, 3.8) is 0 Å². The number of rotatable bonds is 6. The van der Waals surface area contributed by atoms with Crippen LogP contribution >= 0.6 is 0 Å². The van der Waals surface area contributed by atoms with Crippen molar-refractivity contribution in [3.8, 4) is 11.5 Å². The highest BCUT2D eigenvalue weighted by Crippen LogP contribution is 2.39. The first-order chi connectivity index (χ1) is 9.90. The molecule has 2 rings (SSSR count). The number of hydrogen-bond donors (Lipinski definition) is 1. The van der Waals surface area contributed by atoms with Crippen LogP contribution in [0.4, 0.5) is 0 Å². The first-order valence-electron chi connectivity index (χ1n) is 7.01. The lowest BCUT2D eigenvalue weighted by atomic mass is 9.77. The zero-order chi connectivity index (χ0) is 15.5. The Hall–Kier alpha value is -1.27. The predicted octanol–water partition coefficient (Wildman–Crippen LogP) is 1.37. The molecule has 1 fully saturated rings. The van der Waals surface area contributed by atoms with Gasteiger partial charge in [-0.05, 0) is 37.1 Å². The third-order valence-electron chi connectivity index (χ3n) is 4.19. The summed E-state index contributed by atoms with van der Waals surface area (Å²) in [6, 6.07) is 5.86. The summed E-state index contributed by atoms with van der Waals surface area (Å²) in [6.45, 7) is 1.69. The normalized spacial score (nSPS) is 22.2. The summed E-state index contributed by atoms with van der Waals surface area (Å²) >= 11 is 0. The van der Waals surface area contributed by atoms with Crippen LogP contribution in [0.3, 0.4) is 0 Å². The van der Waals surface area contributed by atoms with Gasteiger partial charge in [-0.3, -0.25) is 0 Å². The third-order valence-corrected chi connectivity index (χ3v) is 5.14. The van der Waals surface area contributed by atoms with Crippen molar-refractivity contribution in [1.29, 1.82) is 0 Å². The van der Waals surface area contributed by atoms with Crippen LogP contribution in [-0.2, 0) is 15.3 Å². The molecule has 1 aromatic carbocycles. The Morgan fingerprint density at radius 1 is 1.24 bits per heavy atom. The molecule has 1 unspecified atom stereocenters. The molecule has 1 heterocycles. The lowest BCUT2D eigenvalue weighted by Gasteiger charge is -2.29. The van der Waals surface area contributed by atoms with Gasteiger partial charge in [-0.15, -0.1) is 0 Å². The minimum atomic E-state index is -2.97. The number of sulfone groups is 1. The van der Waals surface area contributed by atoms with Crippen molar-refractivity contribution in [2.75, 3.05) is 39.3 Å². The topological polar surface area (TPSA) is 64.6 Å². The number of ether oxygens (including phenoxy) is 2. The first-order valence-corrected chi connectivity index (χ1v) is 9.07. The fourth-order valence-electron chi connectivity index (χ4n) is 2.89. The molecular weight excluding hydrogens is 290 g/mol. The van der Waals surface area contributed by atoms with Crippen LogP contribution in [0.1, 0.15) is 18.4 Å². The zero-order valence-corrected chi connectivity index (χ0v) is 13.6. The van der Waals surface area contributed by atoms with Gasteiger partial charge in [0.15, 0.2) is 11.5 Å². The predicted molar refractivity (Wildman–Crippen MR) is 83.0 cm³/mol. The second kappa shape index (κ2) is 6.23. The highest BCUT2D eigenvalue weighted by Gasteiger charge is 2.36. The molecule has 1 N–H and O–H groups in total. The number of nitrogens with one attached hydrogen (secondary N) is 1. The third kappa shape index (κ3) is 3.68. The molecule has 0 amide bonds. The first kappa shape index (κ1) is 16.1. The average molecular weight is 313 g/mol. The highest BCUT2D eigenvalue weighted by atomic mass is 32.2. The van der Waals surface area contributed by atoms with Crippen LogP contribution in [-0.4, -0.2) is 47.7 Å². The zero-order valence-electron chi connectivity index (χ0n) is 12.8. The molecule has 0 radical (unpaired) electrons. The van der Waals surface area contributed by atoms with Crippen molar-refractivity contribution in [1.82, 2.24) is 5.32 Å². The minimum absolute atomic E-state index is 0.150. The maximum Gasteiger partial charge on any atom is 0.161 e. The molecule has 21 heavy (non-hydrogen) atoms. The van der Waals surface area contributed by atoms with Crippen LogP contribution in [0.15, 0.2) is 18.2 Å². The quantitative estimate of drug-likeness (QED) is 0.859. The Morgan fingerprint density at radius 3 is 2.48 bits per heavy atom. The van der Waals surface area contributed by atoms with E-state index in [2.05, 4.69) is 5.32 Å². The van der Waals surface area contributed by atoms with Crippen molar-refractivity contribution in [3.05, 3.63) is 23.8 Å². The van der Waals surface area contributed by atoms with Crippen molar-refractivity contribution >= 4 is 9.84 Å². The lowest BCUT2D eigenvalue weighted by molar-refractivity contribution is 0.352. The van der Waals surface area contributed by atoms with Gasteiger partial charge in [0.1, 0.15) is 9.84 Å². The van der Waals surface area contributed by atoms with E-state index in [1.54, 1.807) is 14.2 Å². The number of benzene rings is 1. The number of hydrogen-bond acceptors (Lipinski definition) is 5. The van der Waals surface area contributed by atoms with Gasteiger partial charge in [0, 0.05) is 18.2 Å². The summed E-state index contributed by atoms with van der Waals surface area (Å²) in [5.74, 6) is 1.56. The molecule has 1 aliphatic rings. The van der Waals surface area contributed by atoms with Gasteiger partial charge >= 0.3 is 0 Å². The Balaban J connectivity index is 2.34. The van der Waals surface area contributed by atoms with Crippen LogP contribution in [0.25, 0.3) is 0 Å². The van der Waals surface area contributed by atoms with E-state index < -0.39 is 9.84 Å². The van der Waals surface area contributed by atoms with Crippen molar-refractivity contribution in [2.24, 2.45) is 0 Å². The fraction of sp³-hybridized carbons (Fsp3) is 0.600. The van der Waals surface area contributed by atoms with E-state index in [-0.39, 0.29) is 11.2 Å². The van der Waals surface area contributed by atoms with E-state index in [9.17, 15) is 8.42 Å². The molecule has 0 aliphatic carbocycles. The summed E-state index contributed by atoms with van der Waals surface area (Å²) < 4.78 is 33.7. The smallest absolute Gasteiger partial charge is 0.161 e. The highest BCUT2D eigenvalue weighted by molar-refractivity contribution is 7.90. The van der Waals surface area contributed by atoms with Gasteiger partial charge in [0.25, 0.3) is 0 Å². The van der Waals surface area contributed by atoms with Crippen LogP contribution < -0.4 is 14.8 Å². The number of methoxy groups -OCH3 is 2. The van der Waals surface area contributed by atoms with Gasteiger partial charge in [0.05, 0.1) is 20.0 Å². The van der Waals surface area contributed by atoms with E-state index in [0.29, 0.717) is 17.9 Å². The molecule has 0 aromatic heterocycles. The van der Waals surface area contributed by atoms with E-state index in [1.807, 2.05) is 18.2 Å². The second-order valence-electron chi connectivity index (χ2n) is 5.66. The van der Waals surface area contributed by atoms with Gasteiger partial charge in [-0.25, -0.2) is 8.42 Å². The van der Waals surface area contributed by atoms with Gasteiger partial charge in [0.2, 0.25) is 0 Å². The molecule has 0 bridgehead atoms. The fourth-order valence-corrected chi connectivity index (χ4v) is 3.66. The molecule has 6 heteroatoms. The Bertz CT molecular complexity index is 592. The van der Waals surface area contributed by atoms with Crippen molar-refractivity contribution in [2.45, 2.75) is 18.3 Å². The molecule has 1 atom stereocenters. The maximum atomic E-state index is 11.5. The van der Waals surface area contributed by atoms with Gasteiger partial charge in [-0.2, -0.15) is 0 Å². The van der Waals surface area contributed by atoms with Crippen LogP contribution in [0, 0.1) is 0 Å². The summed E-state index contributed by atoms with van der Waals surface area (Å²) in [5, 5.41) is 3.35. The molecule has 5 nitrogen and oxygen atoms in total. The van der Waals surface area contributed by atoms with Gasteiger partial charge in [-0.1, -0.05) is 6.07 Å². The van der Waals surface area contributed by atoms with Crippen LogP contribution in [0.5, 0.6) is 11.5 Å². The maximum absolute atomic E-state index is 11.5. The van der Waals surface area contributed by atoms with Gasteiger partial charge < -0.3 is 14.8 Å². The van der Waals surface area contributed by atoms with Crippen molar-refractivity contribution < 1.29 is 17.9 Å². The monoisotopic (exact) mass is 313 g/mol. The Kier molecular flexibility index (Phi) is 4.78. The molecule has 0 saturated carbocycles. The van der Waals surface area contributed by atoms with E-state index in [4.69, 9.17) is 9.47 Å². The SMILES string of the molecule is COc1ccc(C2(CCS(C)(=O)=O)CCNC2)cc1OC. The minimum Gasteiger partial charge on any atom is -0.493 e. The molecule has 1 aliphatic heterocycles. The second-order valence-corrected chi connectivity index (χ2v) is 7.92. The standard InChI is InChI=1S/C15H23NO4S/c1-19-13-5-4-12(10-14(13)20-2)15(6-8-16-11-15)7-9-21(3,17)18/h4-5,10,16H,6-9,11H2,1-3H3. The van der Waals surface area contributed by atoms with E-state index >= 15 is 0 Å². The average Bonchev–Trinajstić information content (AvgIpc) is 2.94. The Labute approximate surface area is 126 Å². The summed E-state index contributed by atoms with van der Waals surface area (Å²) in [5.41, 5.74) is 0.955. The van der Waals surface area contributed by atoms with Crippen LogP contribution in [0.2, 0.25) is 0 Å². The Morgan fingerprint density at radius 2 is 1.95 bits per heavy atom. The molecule has 118 valence electrons. The summed E-state index contributed by atoms with van der Waals surface area (Å²) in [4.78, 5) is 0. The van der Waals surface area contributed by atoms with E-state index in [0.717, 1.165) is 25.1 Å². The molecule has 1 saturated heterocycles. The lowest BCUT2D eigenvalue weighted by Crippen LogP contribution is -2.31. The van der Waals surface area contributed by atoms with E-state index in [1.165, 1.54) is 6.26 Å². The largest absolute Gasteiger partial charge is 0.493 e.